The molecule has 0 radical (unpaired) electrons. The van der Waals surface area contributed by atoms with Crippen LogP contribution in [0.5, 0.6) is 0 Å². The number of hydrogen-bond acceptors (Lipinski definition) is 3. The van der Waals surface area contributed by atoms with Crippen LogP contribution in [0.3, 0.4) is 0 Å². The Morgan fingerprint density at radius 3 is 2.21 bits per heavy atom. The van der Waals surface area contributed by atoms with Crippen LogP contribution in [0.15, 0.2) is 0 Å². The van der Waals surface area contributed by atoms with Gasteiger partial charge in [-0.1, -0.05) is 13.8 Å². The number of aliphatic carboxylic acids is 1. The zero-order valence-corrected chi connectivity index (χ0v) is 9.66. The molecule has 0 aliphatic carbocycles. The normalized spacial score (nSPS) is 11.6. The van der Waals surface area contributed by atoms with Crippen LogP contribution in [0.4, 0.5) is 0 Å². The molecule has 0 spiro atoms. The van der Waals surface area contributed by atoms with E-state index in [9.17, 15) is 4.79 Å². The zero-order valence-electron chi connectivity index (χ0n) is 9.66. The predicted molar refractivity (Wildman–Crippen MR) is 57.5 cm³/mol. The van der Waals surface area contributed by atoms with Gasteiger partial charge in [0.25, 0.3) is 0 Å². The van der Waals surface area contributed by atoms with E-state index in [4.69, 9.17) is 5.11 Å². The minimum Gasteiger partial charge on any atom is -0.480 e. The minimum absolute atomic E-state index is 0.145. The largest absolute Gasteiger partial charge is 0.480 e. The summed E-state index contributed by atoms with van der Waals surface area (Å²) in [5, 5.41) is 8.71. The molecule has 0 amide bonds. The van der Waals surface area contributed by atoms with E-state index in [0.717, 1.165) is 19.6 Å². The molecule has 0 bridgehead atoms. The fourth-order valence-electron chi connectivity index (χ4n) is 1.28. The molecule has 0 atom stereocenters. The van der Waals surface area contributed by atoms with Gasteiger partial charge in [0, 0.05) is 19.6 Å². The van der Waals surface area contributed by atoms with Crippen molar-refractivity contribution in [3.63, 3.8) is 0 Å². The monoisotopic (exact) mass is 202 g/mol. The summed E-state index contributed by atoms with van der Waals surface area (Å²) < 4.78 is 0. The summed E-state index contributed by atoms with van der Waals surface area (Å²) in [6.45, 7) is 6.92. The number of hydrogen-bond donors (Lipinski definition) is 1. The quantitative estimate of drug-likeness (QED) is 0.656. The highest BCUT2D eigenvalue weighted by Crippen LogP contribution is 1.98. The first kappa shape index (κ1) is 13.4. The molecule has 0 aromatic heterocycles. The summed E-state index contributed by atoms with van der Waals surface area (Å²) in [4.78, 5) is 14.6. The van der Waals surface area contributed by atoms with Crippen LogP contribution >= 0.6 is 0 Å². The molecule has 84 valence electrons. The molecule has 0 unspecified atom stereocenters. The second-order valence-corrected chi connectivity index (χ2v) is 4.33. The van der Waals surface area contributed by atoms with E-state index in [1.807, 2.05) is 19.0 Å². The van der Waals surface area contributed by atoms with E-state index in [0.29, 0.717) is 5.92 Å². The fraction of sp³-hybridized carbons (Fsp3) is 0.900. The third kappa shape index (κ3) is 8.01. The first-order valence-corrected chi connectivity index (χ1v) is 5.00. The van der Waals surface area contributed by atoms with E-state index in [1.165, 1.54) is 0 Å². The summed E-state index contributed by atoms with van der Waals surface area (Å²) in [5.41, 5.74) is 0. The smallest absolute Gasteiger partial charge is 0.317 e. The molecule has 4 nitrogen and oxygen atoms in total. The second-order valence-electron chi connectivity index (χ2n) is 4.33. The van der Waals surface area contributed by atoms with Gasteiger partial charge in [0.15, 0.2) is 0 Å². The summed E-state index contributed by atoms with van der Waals surface area (Å²) in [5.74, 6) is -0.235. The van der Waals surface area contributed by atoms with Gasteiger partial charge < -0.3 is 10.0 Å². The highest BCUT2D eigenvalue weighted by Gasteiger charge is 2.10. The van der Waals surface area contributed by atoms with Gasteiger partial charge in [-0.3, -0.25) is 9.69 Å². The Bertz CT molecular complexity index is 170. The SMILES string of the molecule is CC(C)CN(CCN(C)C)CC(=O)O. The molecular formula is C10H22N2O2. The maximum Gasteiger partial charge on any atom is 0.317 e. The summed E-state index contributed by atoms with van der Waals surface area (Å²) in [6.07, 6.45) is 0. The predicted octanol–water partition coefficient (Wildman–Crippen LogP) is 0.591. The van der Waals surface area contributed by atoms with Gasteiger partial charge >= 0.3 is 5.97 Å². The Balaban J connectivity index is 3.90. The lowest BCUT2D eigenvalue weighted by atomic mass is 10.2. The summed E-state index contributed by atoms with van der Waals surface area (Å²) in [6, 6.07) is 0. The van der Waals surface area contributed by atoms with Gasteiger partial charge in [-0.05, 0) is 20.0 Å². The Labute approximate surface area is 86.5 Å². The zero-order chi connectivity index (χ0) is 11.1. The van der Waals surface area contributed by atoms with Crippen LogP contribution in [-0.4, -0.2) is 61.2 Å². The molecular weight excluding hydrogens is 180 g/mol. The van der Waals surface area contributed by atoms with Crippen molar-refractivity contribution in [2.75, 3.05) is 40.3 Å². The van der Waals surface area contributed by atoms with Crippen LogP contribution in [-0.2, 0) is 4.79 Å². The third-order valence-electron chi connectivity index (χ3n) is 1.85. The molecule has 0 heterocycles. The molecule has 1 N–H and O–H groups in total. The average molecular weight is 202 g/mol. The van der Waals surface area contributed by atoms with Crippen molar-refractivity contribution in [1.29, 1.82) is 0 Å². The van der Waals surface area contributed by atoms with Gasteiger partial charge in [0.2, 0.25) is 0 Å². The van der Waals surface area contributed by atoms with Crippen molar-refractivity contribution in [3.05, 3.63) is 0 Å². The van der Waals surface area contributed by atoms with E-state index in [2.05, 4.69) is 18.7 Å². The number of rotatable bonds is 7. The molecule has 0 fully saturated rings. The molecule has 0 rings (SSSR count). The first-order chi connectivity index (χ1) is 6.41. The molecule has 4 heteroatoms. The van der Waals surface area contributed by atoms with Gasteiger partial charge in [-0.25, -0.2) is 0 Å². The van der Waals surface area contributed by atoms with Gasteiger partial charge in [0.05, 0.1) is 6.54 Å². The maximum atomic E-state index is 10.6. The van der Waals surface area contributed by atoms with Crippen LogP contribution < -0.4 is 0 Å². The molecule has 0 saturated carbocycles. The molecule has 0 aliphatic heterocycles. The Morgan fingerprint density at radius 2 is 1.86 bits per heavy atom. The van der Waals surface area contributed by atoms with Crippen LogP contribution in [0.1, 0.15) is 13.8 Å². The third-order valence-corrected chi connectivity index (χ3v) is 1.85. The molecule has 0 saturated heterocycles. The average Bonchev–Trinajstić information content (AvgIpc) is 1.97. The van der Waals surface area contributed by atoms with E-state index < -0.39 is 5.97 Å². The van der Waals surface area contributed by atoms with Crippen molar-refractivity contribution in [2.45, 2.75) is 13.8 Å². The highest BCUT2D eigenvalue weighted by atomic mass is 16.4. The number of likely N-dealkylation sites (N-methyl/N-ethyl adjacent to an activating group) is 1. The van der Waals surface area contributed by atoms with Crippen molar-refractivity contribution < 1.29 is 9.90 Å². The Kier molecular flexibility index (Phi) is 6.49. The van der Waals surface area contributed by atoms with Gasteiger partial charge in [0.1, 0.15) is 0 Å². The van der Waals surface area contributed by atoms with Crippen molar-refractivity contribution >= 4 is 5.97 Å². The van der Waals surface area contributed by atoms with Crippen LogP contribution in [0.2, 0.25) is 0 Å². The van der Waals surface area contributed by atoms with Gasteiger partial charge in [-0.15, -0.1) is 0 Å². The van der Waals surface area contributed by atoms with E-state index in [-0.39, 0.29) is 6.54 Å². The standard InChI is InChI=1S/C10H22N2O2/c1-9(2)7-12(8-10(13)14)6-5-11(3)4/h9H,5-8H2,1-4H3,(H,13,14). The number of carboxylic acid groups (broad SMARTS) is 1. The Hall–Kier alpha value is -0.610. The van der Waals surface area contributed by atoms with E-state index in [1.54, 1.807) is 0 Å². The van der Waals surface area contributed by atoms with Crippen molar-refractivity contribution in [1.82, 2.24) is 9.80 Å². The molecule has 0 aliphatic rings. The lowest BCUT2D eigenvalue weighted by Crippen LogP contribution is -2.37. The topological polar surface area (TPSA) is 43.8 Å². The van der Waals surface area contributed by atoms with E-state index >= 15 is 0 Å². The highest BCUT2D eigenvalue weighted by molar-refractivity contribution is 5.69. The van der Waals surface area contributed by atoms with Crippen molar-refractivity contribution in [2.24, 2.45) is 5.92 Å². The maximum absolute atomic E-state index is 10.6. The molecule has 0 aromatic carbocycles. The summed E-state index contributed by atoms with van der Waals surface area (Å²) >= 11 is 0. The van der Waals surface area contributed by atoms with Gasteiger partial charge in [-0.2, -0.15) is 0 Å². The molecule has 0 aromatic rings. The summed E-state index contributed by atoms with van der Waals surface area (Å²) in [7, 11) is 3.99. The number of carbonyl (C=O) groups is 1. The first-order valence-electron chi connectivity index (χ1n) is 5.00. The number of nitrogens with zero attached hydrogens (tertiary/aromatic N) is 2. The van der Waals surface area contributed by atoms with Crippen LogP contribution in [0.25, 0.3) is 0 Å². The fourth-order valence-corrected chi connectivity index (χ4v) is 1.28. The number of carboxylic acids is 1. The van der Waals surface area contributed by atoms with Crippen molar-refractivity contribution in [3.8, 4) is 0 Å². The Morgan fingerprint density at radius 1 is 1.29 bits per heavy atom. The van der Waals surface area contributed by atoms with Crippen LogP contribution in [0, 0.1) is 5.92 Å². The molecule has 14 heavy (non-hydrogen) atoms. The lowest BCUT2D eigenvalue weighted by molar-refractivity contribution is -0.138. The lowest BCUT2D eigenvalue weighted by Gasteiger charge is -2.23. The second kappa shape index (κ2) is 6.79. The minimum atomic E-state index is -0.746.